The number of carbonyl (C=O) groups excluding carboxylic acids is 1. The summed E-state index contributed by atoms with van der Waals surface area (Å²) in [4.78, 5) is 30.5. The van der Waals surface area contributed by atoms with Crippen molar-refractivity contribution in [2.24, 2.45) is 7.05 Å². The molecule has 2 aromatic heterocycles. The van der Waals surface area contributed by atoms with Crippen LogP contribution in [-0.2, 0) is 7.05 Å². The molecule has 0 radical (unpaired) electrons. The van der Waals surface area contributed by atoms with Crippen LogP contribution in [-0.4, -0.2) is 51.9 Å². The van der Waals surface area contributed by atoms with Crippen molar-refractivity contribution in [3.8, 4) is 0 Å². The summed E-state index contributed by atoms with van der Waals surface area (Å²) >= 11 is 5.86. The lowest BCUT2D eigenvalue weighted by atomic mass is 10.3. The number of nitrogens with one attached hydrogen (secondary N) is 1. The van der Waals surface area contributed by atoms with Gasteiger partial charge in [0.05, 0.1) is 11.9 Å². The zero-order valence-corrected chi connectivity index (χ0v) is 14.2. The number of aryl methyl sites for hydroxylation is 1. The molecule has 9 nitrogen and oxygen atoms in total. The van der Waals surface area contributed by atoms with Crippen LogP contribution < -0.4 is 20.9 Å². The van der Waals surface area contributed by atoms with E-state index in [0.717, 1.165) is 10.4 Å². The molecule has 1 fully saturated rings. The quantitative estimate of drug-likeness (QED) is 0.820. The van der Waals surface area contributed by atoms with E-state index >= 15 is 0 Å². The van der Waals surface area contributed by atoms with Crippen LogP contribution in [0.25, 0.3) is 0 Å². The average molecular weight is 364 g/mol. The number of carbonyl (C=O) groups is 1. The SMILES string of the molecule is Cn1nc(Cl)cc(Nc2ccc(N3CCN(C(=O)[O-])CC3)cn2)c1=O. The first-order chi connectivity index (χ1) is 11.9. The first-order valence-electron chi connectivity index (χ1n) is 7.62. The molecule has 10 heteroatoms. The number of hydrogen-bond acceptors (Lipinski definition) is 7. The van der Waals surface area contributed by atoms with Gasteiger partial charge in [-0.1, -0.05) is 11.6 Å². The fourth-order valence-corrected chi connectivity index (χ4v) is 2.82. The molecule has 132 valence electrons. The van der Waals surface area contributed by atoms with E-state index in [4.69, 9.17) is 11.6 Å². The van der Waals surface area contributed by atoms with Gasteiger partial charge in [0, 0.05) is 39.3 Å². The minimum atomic E-state index is -1.14. The van der Waals surface area contributed by atoms with E-state index in [2.05, 4.69) is 15.4 Å². The van der Waals surface area contributed by atoms with Gasteiger partial charge in [-0.25, -0.2) is 9.67 Å². The molecule has 25 heavy (non-hydrogen) atoms. The number of hydrogen-bond donors (Lipinski definition) is 1. The molecule has 0 saturated carbocycles. The Hall–Kier alpha value is -2.81. The van der Waals surface area contributed by atoms with Crippen LogP contribution in [0.1, 0.15) is 0 Å². The van der Waals surface area contributed by atoms with Crippen molar-refractivity contribution in [2.45, 2.75) is 0 Å². The van der Waals surface area contributed by atoms with E-state index in [1.165, 1.54) is 18.0 Å². The number of aromatic nitrogens is 3. The molecule has 1 aliphatic heterocycles. The van der Waals surface area contributed by atoms with Crippen LogP contribution in [0.15, 0.2) is 29.2 Å². The molecule has 1 aliphatic rings. The first kappa shape index (κ1) is 17.0. The van der Waals surface area contributed by atoms with Crippen molar-refractivity contribution in [2.75, 3.05) is 36.4 Å². The molecule has 0 aromatic carbocycles. The third-order valence-electron chi connectivity index (χ3n) is 3.95. The highest BCUT2D eigenvalue weighted by molar-refractivity contribution is 6.29. The monoisotopic (exact) mass is 363 g/mol. The van der Waals surface area contributed by atoms with Gasteiger partial charge in [0.25, 0.3) is 5.56 Å². The predicted molar refractivity (Wildman–Crippen MR) is 91.2 cm³/mol. The topological polar surface area (TPSA) is 106 Å². The van der Waals surface area contributed by atoms with Gasteiger partial charge in [0.2, 0.25) is 0 Å². The Bertz CT molecular complexity index is 830. The Kier molecular flexibility index (Phi) is 4.75. The minimum absolute atomic E-state index is 0.201. The molecule has 1 saturated heterocycles. The maximum Gasteiger partial charge on any atom is 0.290 e. The van der Waals surface area contributed by atoms with E-state index in [9.17, 15) is 14.7 Å². The Morgan fingerprint density at radius 1 is 1.28 bits per heavy atom. The normalized spacial score (nSPS) is 14.5. The molecule has 0 atom stereocenters. The molecule has 3 heterocycles. The molecule has 2 aromatic rings. The van der Waals surface area contributed by atoms with Crippen molar-refractivity contribution in [1.82, 2.24) is 19.7 Å². The fourth-order valence-electron chi connectivity index (χ4n) is 2.59. The highest BCUT2D eigenvalue weighted by Crippen LogP contribution is 2.19. The van der Waals surface area contributed by atoms with E-state index < -0.39 is 6.09 Å². The Morgan fingerprint density at radius 3 is 2.60 bits per heavy atom. The van der Waals surface area contributed by atoms with Crippen molar-refractivity contribution >= 4 is 34.9 Å². The van der Waals surface area contributed by atoms with Gasteiger partial charge in [0.15, 0.2) is 5.15 Å². The number of carboxylic acid groups (broad SMARTS) is 1. The summed E-state index contributed by atoms with van der Waals surface area (Å²) in [5, 5.41) is 17.8. The summed E-state index contributed by atoms with van der Waals surface area (Å²) in [7, 11) is 1.52. The van der Waals surface area contributed by atoms with Gasteiger partial charge in [0.1, 0.15) is 17.6 Å². The summed E-state index contributed by atoms with van der Waals surface area (Å²) in [6, 6.07) is 5.05. The van der Waals surface area contributed by atoms with Crippen LogP contribution in [0.5, 0.6) is 0 Å². The maximum absolute atomic E-state index is 12.0. The summed E-state index contributed by atoms with van der Waals surface area (Å²) in [6.07, 6.45) is 0.527. The minimum Gasteiger partial charge on any atom is -0.530 e. The van der Waals surface area contributed by atoms with Gasteiger partial charge >= 0.3 is 0 Å². The van der Waals surface area contributed by atoms with Crippen LogP contribution >= 0.6 is 11.6 Å². The van der Waals surface area contributed by atoms with E-state index in [-0.39, 0.29) is 16.4 Å². The molecule has 3 rings (SSSR count). The highest BCUT2D eigenvalue weighted by atomic mass is 35.5. The van der Waals surface area contributed by atoms with E-state index in [1.807, 2.05) is 11.0 Å². The first-order valence-corrected chi connectivity index (χ1v) is 7.99. The van der Waals surface area contributed by atoms with Crippen LogP contribution in [0.4, 0.5) is 22.0 Å². The van der Waals surface area contributed by atoms with Crippen LogP contribution in [0, 0.1) is 0 Å². The molecule has 1 N–H and O–H groups in total. The van der Waals surface area contributed by atoms with Crippen molar-refractivity contribution in [1.29, 1.82) is 0 Å². The lowest BCUT2D eigenvalue weighted by Gasteiger charge is -2.37. The van der Waals surface area contributed by atoms with Crippen molar-refractivity contribution in [3.05, 3.63) is 39.9 Å². The Balaban J connectivity index is 1.69. The standard InChI is InChI=1S/C15H17ClN6O3/c1-20-14(23)11(8-12(16)19-20)18-13-3-2-10(9-17-13)21-4-6-22(7-5-21)15(24)25/h2-3,8-9H,4-7H2,1H3,(H,17,18)(H,24,25)/p-1. The second-order valence-corrected chi connectivity index (χ2v) is 5.96. The number of amides is 1. The molecule has 0 spiro atoms. The molecule has 0 aliphatic carbocycles. The lowest BCUT2D eigenvalue weighted by Crippen LogP contribution is -2.52. The lowest BCUT2D eigenvalue weighted by molar-refractivity contribution is -0.265. The zero-order chi connectivity index (χ0) is 18.0. The second-order valence-electron chi connectivity index (χ2n) is 5.58. The highest BCUT2D eigenvalue weighted by Gasteiger charge is 2.17. The van der Waals surface area contributed by atoms with Gasteiger partial charge in [-0.15, -0.1) is 0 Å². The fraction of sp³-hybridized carbons (Fsp3) is 0.333. The van der Waals surface area contributed by atoms with Crippen LogP contribution in [0.3, 0.4) is 0 Å². The van der Waals surface area contributed by atoms with Gasteiger partial charge in [-0.05, 0) is 12.1 Å². The number of anilines is 3. The summed E-state index contributed by atoms with van der Waals surface area (Å²) in [5.74, 6) is 0.497. The van der Waals surface area contributed by atoms with Gasteiger partial charge in [-0.2, -0.15) is 5.10 Å². The number of nitrogens with zero attached hydrogens (tertiary/aromatic N) is 5. The van der Waals surface area contributed by atoms with Crippen molar-refractivity contribution in [3.63, 3.8) is 0 Å². The smallest absolute Gasteiger partial charge is 0.290 e. The number of piperazine rings is 1. The molecule has 0 bridgehead atoms. The summed E-state index contributed by atoms with van der Waals surface area (Å²) < 4.78 is 1.15. The predicted octanol–water partition coefficient (Wildman–Crippen LogP) is 0.0376. The Morgan fingerprint density at radius 2 is 2.00 bits per heavy atom. The zero-order valence-electron chi connectivity index (χ0n) is 13.5. The Labute approximate surface area is 148 Å². The average Bonchev–Trinajstić information content (AvgIpc) is 2.60. The number of rotatable bonds is 3. The van der Waals surface area contributed by atoms with Gasteiger partial charge in [-0.3, -0.25) is 4.79 Å². The van der Waals surface area contributed by atoms with Gasteiger partial charge < -0.3 is 25.0 Å². The largest absolute Gasteiger partial charge is 0.530 e. The summed E-state index contributed by atoms with van der Waals surface area (Å²) in [5.41, 5.74) is 0.850. The molecule has 0 unspecified atom stereocenters. The molecular weight excluding hydrogens is 348 g/mol. The third kappa shape index (κ3) is 3.82. The van der Waals surface area contributed by atoms with E-state index in [0.29, 0.717) is 32.0 Å². The molecule has 1 amide bonds. The molecular formula is C15H16ClN6O3-. The maximum atomic E-state index is 12.0. The number of halogens is 1. The third-order valence-corrected chi connectivity index (χ3v) is 4.13. The van der Waals surface area contributed by atoms with Crippen LogP contribution in [0.2, 0.25) is 5.15 Å². The van der Waals surface area contributed by atoms with E-state index in [1.54, 1.807) is 12.3 Å². The summed E-state index contributed by atoms with van der Waals surface area (Å²) in [6.45, 7) is 1.94. The second kappa shape index (κ2) is 6.98. The number of pyridine rings is 1. The van der Waals surface area contributed by atoms with Crippen molar-refractivity contribution < 1.29 is 9.90 Å².